The van der Waals surface area contributed by atoms with Gasteiger partial charge in [0.25, 0.3) is 5.91 Å². The number of hydrogen-bond acceptors (Lipinski definition) is 4. The minimum absolute atomic E-state index is 0.0861. The Morgan fingerprint density at radius 3 is 2.53 bits per heavy atom. The molecule has 30 heavy (non-hydrogen) atoms. The van der Waals surface area contributed by atoms with Gasteiger partial charge in [0, 0.05) is 11.6 Å². The quantitative estimate of drug-likeness (QED) is 0.275. The molecule has 1 saturated heterocycles. The monoisotopic (exact) mass is 427 g/mol. The lowest BCUT2D eigenvalue weighted by atomic mass is 10.0. The molecular formula is C25H17NO2S2. The molecule has 1 fully saturated rings. The van der Waals surface area contributed by atoms with Crippen LogP contribution in [0.25, 0.3) is 28.2 Å². The van der Waals surface area contributed by atoms with E-state index in [1.807, 2.05) is 66.7 Å². The van der Waals surface area contributed by atoms with Crippen molar-refractivity contribution < 1.29 is 9.21 Å². The normalized spacial score (nSPS) is 15.5. The summed E-state index contributed by atoms with van der Waals surface area (Å²) >= 11 is 6.75. The zero-order valence-electron chi connectivity index (χ0n) is 15.9. The van der Waals surface area contributed by atoms with Gasteiger partial charge in [0.05, 0.1) is 11.4 Å². The molecule has 2 heterocycles. The van der Waals surface area contributed by atoms with E-state index in [2.05, 4.69) is 18.2 Å². The molecule has 5 heteroatoms. The van der Waals surface area contributed by atoms with E-state index in [9.17, 15) is 4.79 Å². The number of benzene rings is 3. The average Bonchev–Trinajstić information content (AvgIpc) is 3.34. The van der Waals surface area contributed by atoms with Gasteiger partial charge < -0.3 is 4.42 Å². The maximum atomic E-state index is 12.9. The van der Waals surface area contributed by atoms with Crippen LogP contribution in [0.5, 0.6) is 0 Å². The van der Waals surface area contributed by atoms with E-state index in [-0.39, 0.29) is 5.91 Å². The van der Waals surface area contributed by atoms with Crippen molar-refractivity contribution >= 4 is 51.1 Å². The number of rotatable bonds is 4. The molecule has 0 bridgehead atoms. The van der Waals surface area contributed by atoms with Crippen molar-refractivity contribution in [3.05, 3.63) is 101 Å². The van der Waals surface area contributed by atoms with E-state index in [0.717, 1.165) is 27.7 Å². The molecule has 1 amide bonds. The molecule has 0 aliphatic carbocycles. The molecule has 4 aromatic rings. The van der Waals surface area contributed by atoms with E-state index >= 15 is 0 Å². The first-order valence-corrected chi connectivity index (χ1v) is 10.8. The average molecular weight is 428 g/mol. The van der Waals surface area contributed by atoms with Crippen molar-refractivity contribution in [1.29, 1.82) is 0 Å². The van der Waals surface area contributed by atoms with Gasteiger partial charge in [-0.05, 0) is 28.5 Å². The third kappa shape index (κ3) is 3.58. The molecule has 0 saturated carbocycles. The van der Waals surface area contributed by atoms with Gasteiger partial charge in [-0.25, -0.2) is 0 Å². The van der Waals surface area contributed by atoms with Crippen LogP contribution in [-0.2, 0) is 11.3 Å². The molecular weight excluding hydrogens is 410 g/mol. The highest BCUT2D eigenvalue weighted by atomic mass is 32.2. The fourth-order valence-electron chi connectivity index (χ4n) is 3.55. The fourth-order valence-corrected chi connectivity index (χ4v) is 4.78. The molecule has 0 spiro atoms. The SMILES string of the molecule is O=C1/C(=C/c2ccc(-c3cccc4ccccc34)o2)SC(=S)N1Cc1ccccc1. The predicted octanol–water partition coefficient (Wildman–Crippen LogP) is 6.50. The van der Waals surface area contributed by atoms with Crippen molar-refractivity contribution in [3.8, 4) is 11.3 Å². The lowest BCUT2D eigenvalue weighted by molar-refractivity contribution is -0.122. The summed E-state index contributed by atoms with van der Waals surface area (Å²) in [5.74, 6) is 1.33. The van der Waals surface area contributed by atoms with Gasteiger partial charge >= 0.3 is 0 Å². The number of furan rings is 1. The van der Waals surface area contributed by atoms with Crippen LogP contribution in [0.4, 0.5) is 0 Å². The second kappa shape index (κ2) is 7.94. The molecule has 3 aromatic carbocycles. The number of thiocarbonyl (C=S) groups is 1. The number of carbonyl (C=O) groups is 1. The standard InChI is InChI=1S/C25H17NO2S2/c27-24-23(30-25(29)26(24)16-17-7-2-1-3-8-17)15-19-13-14-22(28-19)21-12-6-10-18-9-4-5-11-20(18)21/h1-15H,16H2/b23-15-. The summed E-state index contributed by atoms with van der Waals surface area (Å²) in [6.45, 7) is 0.474. The van der Waals surface area contributed by atoms with Gasteiger partial charge in [-0.2, -0.15) is 0 Å². The van der Waals surface area contributed by atoms with Gasteiger partial charge in [-0.1, -0.05) is 96.8 Å². The largest absolute Gasteiger partial charge is 0.457 e. The summed E-state index contributed by atoms with van der Waals surface area (Å²) in [5.41, 5.74) is 2.08. The van der Waals surface area contributed by atoms with Gasteiger partial charge in [0.2, 0.25) is 0 Å². The van der Waals surface area contributed by atoms with Crippen molar-refractivity contribution in [3.63, 3.8) is 0 Å². The minimum atomic E-state index is -0.0861. The predicted molar refractivity (Wildman–Crippen MR) is 127 cm³/mol. The summed E-state index contributed by atoms with van der Waals surface area (Å²) in [4.78, 5) is 15.1. The van der Waals surface area contributed by atoms with Crippen molar-refractivity contribution in [2.75, 3.05) is 0 Å². The van der Waals surface area contributed by atoms with Gasteiger partial charge in [-0.15, -0.1) is 0 Å². The molecule has 0 unspecified atom stereocenters. The Labute approximate surface area is 184 Å². The highest BCUT2D eigenvalue weighted by Gasteiger charge is 2.32. The third-order valence-electron chi connectivity index (χ3n) is 5.01. The van der Waals surface area contributed by atoms with Crippen molar-refractivity contribution in [1.82, 2.24) is 4.90 Å². The van der Waals surface area contributed by atoms with Crippen molar-refractivity contribution in [2.45, 2.75) is 6.54 Å². The van der Waals surface area contributed by atoms with E-state index in [1.54, 1.807) is 11.0 Å². The van der Waals surface area contributed by atoms with Gasteiger partial charge in [-0.3, -0.25) is 9.69 Å². The second-order valence-corrected chi connectivity index (χ2v) is 8.66. The Morgan fingerprint density at radius 1 is 0.900 bits per heavy atom. The first-order valence-electron chi connectivity index (χ1n) is 9.56. The number of nitrogens with zero attached hydrogens (tertiary/aromatic N) is 1. The molecule has 1 aliphatic heterocycles. The lowest BCUT2D eigenvalue weighted by Crippen LogP contribution is -2.27. The zero-order chi connectivity index (χ0) is 20.5. The summed E-state index contributed by atoms with van der Waals surface area (Å²) in [5, 5.41) is 2.30. The maximum Gasteiger partial charge on any atom is 0.266 e. The highest BCUT2D eigenvalue weighted by molar-refractivity contribution is 8.26. The van der Waals surface area contributed by atoms with Gasteiger partial charge in [0.15, 0.2) is 0 Å². The Balaban J connectivity index is 1.42. The van der Waals surface area contributed by atoms with Gasteiger partial charge in [0.1, 0.15) is 15.8 Å². The Kier molecular flexibility index (Phi) is 4.99. The smallest absolute Gasteiger partial charge is 0.266 e. The van der Waals surface area contributed by atoms with E-state index in [4.69, 9.17) is 16.6 Å². The van der Waals surface area contributed by atoms with Crippen LogP contribution >= 0.6 is 24.0 Å². The summed E-state index contributed by atoms with van der Waals surface area (Å²) < 4.78 is 6.64. The fraction of sp³-hybridized carbons (Fsp3) is 0.0400. The molecule has 0 radical (unpaired) electrons. The second-order valence-electron chi connectivity index (χ2n) is 6.98. The Bertz CT molecular complexity index is 1290. The number of carbonyl (C=O) groups excluding carboxylic acids is 1. The number of amides is 1. The molecule has 0 N–H and O–H groups in total. The van der Waals surface area contributed by atoms with Crippen LogP contribution in [-0.4, -0.2) is 15.1 Å². The molecule has 0 atom stereocenters. The lowest BCUT2D eigenvalue weighted by Gasteiger charge is -2.14. The number of thioether (sulfide) groups is 1. The topological polar surface area (TPSA) is 33.5 Å². The number of hydrogen-bond donors (Lipinski definition) is 0. The van der Waals surface area contributed by atoms with Crippen molar-refractivity contribution in [2.24, 2.45) is 0 Å². The van der Waals surface area contributed by atoms with Crippen LogP contribution < -0.4 is 0 Å². The summed E-state index contributed by atoms with van der Waals surface area (Å²) in [7, 11) is 0. The zero-order valence-corrected chi connectivity index (χ0v) is 17.6. The molecule has 146 valence electrons. The highest BCUT2D eigenvalue weighted by Crippen LogP contribution is 2.35. The number of fused-ring (bicyclic) bond motifs is 1. The summed E-state index contributed by atoms with van der Waals surface area (Å²) in [6.07, 6.45) is 1.78. The maximum absolute atomic E-state index is 12.9. The van der Waals surface area contributed by atoms with E-state index in [1.165, 1.54) is 11.8 Å². The van der Waals surface area contributed by atoms with Crippen LogP contribution in [0.15, 0.2) is 94.3 Å². The molecule has 5 rings (SSSR count). The van der Waals surface area contributed by atoms with E-state index < -0.39 is 0 Å². The van der Waals surface area contributed by atoms with E-state index in [0.29, 0.717) is 21.5 Å². The van der Waals surface area contributed by atoms with Crippen LogP contribution in [0.1, 0.15) is 11.3 Å². The van der Waals surface area contributed by atoms with Crippen LogP contribution in [0.3, 0.4) is 0 Å². The first-order chi connectivity index (χ1) is 14.7. The van der Waals surface area contributed by atoms with Crippen LogP contribution in [0.2, 0.25) is 0 Å². The first kappa shape index (κ1) is 18.9. The Morgan fingerprint density at radius 2 is 1.67 bits per heavy atom. The summed E-state index contributed by atoms with van der Waals surface area (Å²) in [6, 6.07) is 28.1. The molecule has 1 aromatic heterocycles. The van der Waals surface area contributed by atoms with Crippen LogP contribution in [0, 0.1) is 0 Å². The molecule has 1 aliphatic rings. The third-order valence-corrected chi connectivity index (χ3v) is 6.39. The minimum Gasteiger partial charge on any atom is -0.457 e. The molecule has 3 nitrogen and oxygen atoms in total. The Hall–Kier alpha value is -3.15.